The Balaban J connectivity index is 1.72. The number of hydrogen-bond donors (Lipinski definition) is 2. The van der Waals surface area contributed by atoms with Gasteiger partial charge in [0, 0.05) is 19.1 Å². The van der Waals surface area contributed by atoms with Crippen LogP contribution in [-0.2, 0) is 16.0 Å². The molecule has 0 spiro atoms. The number of carbonyl (C=O) groups is 2. The number of carboxylic acid groups (broad SMARTS) is 1. The maximum Gasteiger partial charge on any atom is 0.317 e. The number of methoxy groups -OCH3 is 1. The second-order valence-electron chi connectivity index (χ2n) is 7.08. The van der Waals surface area contributed by atoms with E-state index in [1.165, 1.54) is 0 Å². The number of aliphatic carboxylic acids is 1. The highest BCUT2D eigenvalue weighted by Crippen LogP contribution is 2.17. The maximum atomic E-state index is 12.3. The minimum Gasteiger partial charge on any atom is -0.496 e. The van der Waals surface area contributed by atoms with Crippen molar-refractivity contribution in [1.29, 1.82) is 0 Å². The molecule has 27 heavy (non-hydrogen) atoms. The van der Waals surface area contributed by atoms with Crippen LogP contribution in [0.25, 0.3) is 0 Å². The standard InChI is InChI=1S/C20H31N3O4/c1-22(15-20(25)26)17-7-5-12-23(13-10-17)14-19(24)21-11-9-16-6-3-4-8-18(16)27-2/h3-4,6,8,17H,5,7,9-15H2,1-2H3,(H,21,24)(H,25,26). The van der Waals surface area contributed by atoms with Crippen molar-refractivity contribution in [2.24, 2.45) is 0 Å². The highest BCUT2D eigenvalue weighted by Gasteiger charge is 2.22. The van der Waals surface area contributed by atoms with Crippen molar-refractivity contribution in [3.63, 3.8) is 0 Å². The second kappa shape index (κ2) is 10.9. The molecule has 7 nitrogen and oxygen atoms in total. The van der Waals surface area contributed by atoms with Crippen LogP contribution in [0.15, 0.2) is 24.3 Å². The summed E-state index contributed by atoms with van der Waals surface area (Å²) in [4.78, 5) is 27.2. The first kappa shape index (κ1) is 21.2. The summed E-state index contributed by atoms with van der Waals surface area (Å²) in [6, 6.07) is 8.09. The smallest absolute Gasteiger partial charge is 0.317 e. The molecule has 1 amide bonds. The number of carbonyl (C=O) groups excluding carboxylic acids is 1. The number of nitrogens with one attached hydrogen (secondary N) is 1. The molecule has 0 saturated carbocycles. The molecule has 1 aromatic rings. The zero-order valence-electron chi connectivity index (χ0n) is 16.3. The number of carboxylic acids is 1. The molecule has 1 unspecified atom stereocenters. The molecule has 150 valence electrons. The first-order valence-corrected chi connectivity index (χ1v) is 9.52. The summed E-state index contributed by atoms with van der Waals surface area (Å²) in [5, 5.41) is 11.9. The second-order valence-corrected chi connectivity index (χ2v) is 7.08. The number of para-hydroxylation sites is 1. The molecule has 1 fully saturated rings. The Labute approximate surface area is 161 Å². The summed E-state index contributed by atoms with van der Waals surface area (Å²) in [5.41, 5.74) is 1.08. The predicted octanol–water partition coefficient (Wildman–Crippen LogP) is 1.22. The summed E-state index contributed by atoms with van der Waals surface area (Å²) >= 11 is 0. The maximum absolute atomic E-state index is 12.3. The predicted molar refractivity (Wildman–Crippen MR) is 104 cm³/mol. The summed E-state index contributed by atoms with van der Waals surface area (Å²) < 4.78 is 5.33. The van der Waals surface area contributed by atoms with Crippen LogP contribution in [0.4, 0.5) is 0 Å². The Morgan fingerprint density at radius 2 is 2.07 bits per heavy atom. The molecule has 1 heterocycles. The Morgan fingerprint density at radius 1 is 1.30 bits per heavy atom. The van der Waals surface area contributed by atoms with E-state index < -0.39 is 5.97 Å². The quantitative estimate of drug-likeness (QED) is 0.674. The van der Waals surface area contributed by atoms with Crippen LogP contribution in [0.5, 0.6) is 5.75 Å². The van der Waals surface area contributed by atoms with Gasteiger partial charge in [0.2, 0.25) is 5.91 Å². The first-order chi connectivity index (χ1) is 13.0. The Morgan fingerprint density at radius 3 is 2.81 bits per heavy atom. The van der Waals surface area contributed by atoms with Crippen molar-refractivity contribution < 1.29 is 19.4 Å². The van der Waals surface area contributed by atoms with E-state index in [0.717, 1.165) is 50.1 Å². The van der Waals surface area contributed by atoms with E-state index in [4.69, 9.17) is 9.84 Å². The SMILES string of the molecule is COc1ccccc1CCNC(=O)CN1CCCC(N(C)CC(=O)O)CC1. The van der Waals surface area contributed by atoms with E-state index in [1.807, 2.05) is 36.2 Å². The van der Waals surface area contributed by atoms with Crippen molar-refractivity contribution in [2.45, 2.75) is 31.7 Å². The summed E-state index contributed by atoms with van der Waals surface area (Å²) in [7, 11) is 3.51. The third-order valence-electron chi connectivity index (χ3n) is 5.07. The molecule has 1 aromatic carbocycles. The highest BCUT2D eigenvalue weighted by atomic mass is 16.5. The zero-order valence-corrected chi connectivity index (χ0v) is 16.3. The molecule has 1 aliphatic heterocycles. The molecule has 1 saturated heterocycles. The van der Waals surface area contributed by atoms with Crippen molar-refractivity contribution in [1.82, 2.24) is 15.1 Å². The number of likely N-dealkylation sites (N-methyl/N-ethyl adjacent to an activating group) is 1. The van der Waals surface area contributed by atoms with E-state index in [0.29, 0.717) is 13.1 Å². The van der Waals surface area contributed by atoms with Gasteiger partial charge in [-0.15, -0.1) is 0 Å². The zero-order chi connectivity index (χ0) is 19.6. The molecule has 1 atom stereocenters. The van der Waals surface area contributed by atoms with Crippen molar-refractivity contribution in [3.8, 4) is 5.75 Å². The topological polar surface area (TPSA) is 82.1 Å². The Hall–Kier alpha value is -2.12. The summed E-state index contributed by atoms with van der Waals surface area (Å²) in [6.45, 7) is 2.72. The molecule has 0 aromatic heterocycles. The average Bonchev–Trinajstić information content (AvgIpc) is 2.87. The van der Waals surface area contributed by atoms with Gasteiger partial charge in [-0.2, -0.15) is 0 Å². The number of ether oxygens (including phenoxy) is 1. The van der Waals surface area contributed by atoms with Crippen LogP contribution >= 0.6 is 0 Å². The van der Waals surface area contributed by atoms with Crippen LogP contribution in [0.2, 0.25) is 0 Å². The molecule has 0 aliphatic carbocycles. The summed E-state index contributed by atoms with van der Waals surface area (Å²) in [6.07, 6.45) is 3.56. The lowest BCUT2D eigenvalue weighted by molar-refractivity contribution is -0.138. The van der Waals surface area contributed by atoms with Gasteiger partial charge < -0.3 is 15.2 Å². The molecule has 7 heteroatoms. The van der Waals surface area contributed by atoms with E-state index in [9.17, 15) is 9.59 Å². The first-order valence-electron chi connectivity index (χ1n) is 9.52. The number of nitrogens with zero attached hydrogens (tertiary/aromatic N) is 2. The van der Waals surface area contributed by atoms with Crippen LogP contribution in [0.1, 0.15) is 24.8 Å². The fourth-order valence-corrected chi connectivity index (χ4v) is 3.58. The lowest BCUT2D eigenvalue weighted by Gasteiger charge is -2.25. The minimum absolute atomic E-state index is 0.0299. The minimum atomic E-state index is -0.798. The third-order valence-corrected chi connectivity index (χ3v) is 5.07. The van der Waals surface area contributed by atoms with Gasteiger partial charge in [0.1, 0.15) is 5.75 Å². The van der Waals surface area contributed by atoms with Crippen molar-refractivity contribution in [2.75, 3.05) is 46.9 Å². The lowest BCUT2D eigenvalue weighted by Crippen LogP contribution is -2.39. The molecular formula is C20H31N3O4. The molecule has 0 bridgehead atoms. The van der Waals surface area contributed by atoms with Crippen LogP contribution in [0.3, 0.4) is 0 Å². The molecule has 0 radical (unpaired) electrons. The van der Waals surface area contributed by atoms with Gasteiger partial charge >= 0.3 is 5.97 Å². The molecule has 1 aliphatic rings. The highest BCUT2D eigenvalue weighted by molar-refractivity contribution is 5.78. The van der Waals surface area contributed by atoms with Gasteiger partial charge in [0.25, 0.3) is 0 Å². The van der Waals surface area contributed by atoms with Gasteiger partial charge in [-0.25, -0.2) is 0 Å². The van der Waals surface area contributed by atoms with Crippen LogP contribution in [0, 0.1) is 0 Å². The molecule has 2 N–H and O–H groups in total. The molecular weight excluding hydrogens is 346 g/mol. The summed E-state index contributed by atoms with van der Waals surface area (Å²) in [5.74, 6) is 0.0751. The van der Waals surface area contributed by atoms with Gasteiger partial charge in [-0.05, 0) is 50.9 Å². The van der Waals surface area contributed by atoms with Crippen molar-refractivity contribution >= 4 is 11.9 Å². The van der Waals surface area contributed by atoms with Gasteiger partial charge in [0.15, 0.2) is 0 Å². The number of benzene rings is 1. The third kappa shape index (κ3) is 7.19. The monoisotopic (exact) mass is 377 g/mol. The fraction of sp³-hybridized carbons (Fsp3) is 0.600. The number of rotatable bonds is 9. The molecule has 2 rings (SSSR count). The van der Waals surface area contributed by atoms with Gasteiger partial charge in [-0.1, -0.05) is 18.2 Å². The van der Waals surface area contributed by atoms with E-state index in [1.54, 1.807) is 7.11 Å². The number of amides is 1. The van der Waals surface area contributed by atoms with Crippen LogP contribution in [-0.4, -0.2) is 79.7 Å². The van der Waals surface area contributed by atoms with E-state index in [2.05, 4.69) is 10.2 Å². The van der Waals surface area contributed by atoms with Gasteiger partial charge in [-0.3, -0.25) is 19.4 Å². The lowest BCUT2D eigenvalue weighted by atomic mass is 10.1. The fourth-order valence-electron chi connectivity index (χ4n) is 3.58. The number of likely N-dealkylation sites (tertiary alicyclic amines) is 1. The van der Waals surface area contributed by atoms with Gasteiger partial charge in [0.05, 0.1) is 20.2 Å². The average molecular weight is 377 g/mol. The Kier molecular flexibility index (Phi) is 8.54. The number of hydrogen-bond acceptors (Lipinski definition) is 5. The Bertz CT molecular complexity index is 623. The van der Waals surface area contributed by atoms with Crippen molar-refractivity contribution in [3.05, 3.63) is 29.8 Å². The largest absolute Gasteiger partial charge is 0.496 e. The normalized spacial score (nSPS) is 18.1. The van der Waals surface area contributed by atoms with Crippen LogP contribution < -0.4 is 10.1 Å². The van der Waals surface area contributed by atoms with E-state index >= 15 is 0 Å². The van der Waals surface area contributed by atoms with E-state index in [-0.39, 0.29) is 18.5 Å².